The van der Waals surface area contributed by atoms with Crippen molar-refractivity contribution in [3.8, 4) is 0 Å². The van der Waals surface area contributed by atoms with Crippen molar-refractivity contribution in [1.82, 2.24) is 4.90 Å². The summed E-state index contributed by atoms with van der Waals surface area (Å²) in [4.78, 5) is 2.51. The number of anilines is 1. The van der Waals surface area contributed by atoms with Crippen LogP contribution in [-0.2, 0) is 17.7 Å². The summed E-state index contributed by atoms with van der Waals surface area (Å²) < 4.78 is 5.79. The van der Waals surface area contributed by atoms with Crippen LogP contribution in [0.5, 0.6) is 0 Å². The van der Waals surface area contributed by atoms with Gasteiger partial charge in [-0.1, -0.05) is 18.2 Å². The Labute approximate surface area is 109 Å². The summed E-state index contributed by atoms with van der Waals surface area (Å²) in [5, 5.41) is 3.52. The average molecular weight is 246 g/mol. The Morgan fingerprint density at radius 1 is 1.28 bits per heavy atom. The van der Waals surface area contributed by atoms with Crippen LogP contribution >= 0.6 is 0 Å². The summed E-state index contributed by atoms with van der Waals surface area (Å²) in [6.45, 7) is 8.52. The van der Waals surface area contributed by atoms with Crippen molar-refractivity contribution in [2.75, 3.05) is 25.0 Å². The third-order valence-corrected chi connectivity index (χ3v) is 3.82. The Bertz CT molecular complexity index is 423. The zero-order chi connectivity index (χ0) is 12.5. The Morgan fingerprint density at radius 2 is 2.06 bits per heavy atom. The number of fused-ring (bicyclic) bond motifs is 1. The van der Waals surface area contributed by atoms with E-state index in [1.807, 2.05) is 0 Å². The van der Waals surface area contributed by atoms with Gasteiger partial charge in [-0.15, -0.1) is 0 Å². The lowest BCUT2D eigenvalue weighted by Crippen LogP contribution is -2.44. The molecule has 2 atom stereocenters. The summed E-state index contributed by atoms with van der Waals surface area (Å²) in [5.41, 5.74) is 4.29. The van der Waals surface area contributed by atoms with Crippen LogP contribution in [-0.4, -0.2) is 36.7 Å². The maximum atomic E-state index is 5.79. The highest BCUT2D eigenvalue weighted by molar-refractivity contribution is 5.61. The van der Waals surface area contributed by atoms with Gasteiger partial charge in [-0.2, -0.15) is 0 Å². The van der Waals surface area contributed by atoms with E-state index in [9.17, 15) is 0 Å². The molecular formula is C15H22N2O. The lowest BCUT2D eigenvalue weighted by atomic mass is 10.1. The molecule has 0 saturated carbocycles. The molecule has 0 amide bonds. The van der Waals surface area contributed by atoms with Gasteiger partial charge >= 0.3 is 0 Å². The quantitative estimate of drug-likeness (QED) is 0.866. The lowest BCUT2D eigenvalue weighted by Gasteiger charge is -2.35. The first-order valence-corrected chi connectivity index (χ1v) is 6.95. The molecule has 2 aliphatic rings. The molecule has 1 N–H and O–H groups in total. The molecule has 1 aromatic rings. The smallest absolute Gasteiger partial charge is 0.0678 e. The van der Waals surface area contributed by atoms with E-state index in [0.717, 1.165) is 26.2 Å². The SMILES string of the molecule is CC1CN(Cc2cccc3c2NCC3)CC(C)O1. The standard InChI is InChI=1S/C15H22N2O/c1-11-8-17(9-12(2)18-11)10-14-5-3-4-13-6-7-16-15(13)14/h3-5,11-12,16H,6-10H2,1-2H3. The third-order valence-electron chi connectivity index (χ3n) is 3.82. The Kier molecular flexibility index (Phi) is 3.27. The molecule has 2 unspecified atom stereocenters. The van der Waals surface area contributed by atoms with Gasteiger partial charge in [0.2, 0.25) is 0 Å². The number of benzene rings is 1. The zero-order valence-electron chi connectivity index (χ0n) is 11.3. The molecule has 18 heavy (non-hydrogen) atoms. The summed E-state index contributed by atoms with van der Waals surface area (Å²) in [6.07, 6.45) is 1.86. The summed E-state index contributed by atoms with van der Waals surface area (Å²) in [5.74, 6) is 0. The second-order valence-electron chi connectivity index (χ2n) is 5.58. The molecule has 0 radical (unpaired) electrons. The van der Waals surface area contributed by atoms with Crippen LogP contribution in [0, 0.1) is 0 Å². The first-order chi connectivity index (χ1) is 8.72. The van der Waals surface area contributed by atoms with Gasteiger partial charge in [-0.05, 0) is 31.4 Å². The van der Waals surface area contributed by atoms with Crippen LogP contribution in [0.1, 0.15) is 25.0 Å². The van der Waals surface area contributed by atoms with E-state index in [0.29, 0.717) is 12.2 Å². The van der Waals surface area contributed by atoms with Crippen LogP contribution in [0.15, 0.2) is 18.2 Å². The van der Waals surface area contributed by atoms with Crippen molar-refractivity contribution < 1.29 is 4.74 Å². The number of para-hydroxylation sites is 1. The second kappa shape index (κ2) is 4.90. The number of rotatable bonds is 2. The number of morpholine rings is 1. The molecule has 3 rings (SSSR count). The maximum absolute atomic E-state index is 5.79. The van der Waals surface area contributed by atoms with Crippen molar-refractivity contribution in [2.45, 2.75) is 39.0 Å². The Balaban J connectivity index is 1.75. The molecule has 2 aliphatic heterocycles. The van der Waals surface area contributed by atoms with Gasteiger partial charge in [0.15, 0.2) is 0 Å². The van der Waals surface area contributed by atoms with E-state index >= 15 is 0 Å². The van der Waals surface area contributed by atoms with E-state index in [4.69, 9.17) is 4.74 Å². The van der Waals surface area contributed by atoms with E-state index in [1.54, 1.807) is 0 Å². The molecule has 2 heterocycles. The van der Waals surface area contributed by atoms with Crippen LogP contribution in [0.2, 0.25) is 0 Å². The highest BCUT2D eigenvalue weighted by Gasteiger charge is 2.23. The van der Waals surface area contributed by atoms with Crippen molar-refractivity contribution >= 4 is 5.69 Å². The predicted molar refractivity (Wildman–Crippen MR) is 73.9 cm³/mol. The molecular weight excluding hydrogens is 224 g/mol. The molecule has 3 nitrogen and oxygen atoms in total. The molecule has 0 bridgehead atoms. The topological polar surface area (TPSA) is 24.5 Å². The molecule has 0 aromatic heterocycles. The molecule has 1 aromatic carbocycles. The summed E-state index contributed by atoms with van der Waals surface area (Å²) in [7, 11) is 0. The highest BCUT2D eigenvalue weighted by atomic mass is 16.5. The van der Waals surface area contributed by atoms with Gasteiger partial charge < -0.3 is 10.1 Å². The maximum Gasteiger partial charge on any atom is 0.0678 e. The van der Waals surface area contributed by atoms with Gasteiger partial charge in [0, 0.05) is 31.9 Å². The second-order valence-corrected chi connectivity index (χ2v) is 5.58. The Hall–Kier alpha value is -1.06. The van der Waals surface area contributed by atoms with Gasteiger partial charge in [0.05, 0.1) is 12.2 Å². The van der Waals surface area contributed by atoms with Crippen LogP contribution < -0.4 is 5.32 Å². The normalized spacial score (nSPS) is 27.9. The van der Waals surface area contributed by atoms with Gasteiger partial charge in [0.25, 0.3) is 0 Å². The van der Waals surface area contributed by atoms with Crippen LogP contribution in [0.3, 0.4) is 0 Å². The van der Waals surface area contributed by atoms with Crippen molar-refractivity contribution in [3.05, 3.63) is 29.3 Å². The fourth-order valence-electron chi connectivity index (χ4n) is 3.20. The number of hydrogen-bond donors (Lipinski definition) is 1. The van der Waals surface area contributed by atoms with Crippen molar-refractivity contribution in [3.63, 3.8) is 0 Å². The summed E-state index contributed by atoms with van der Waals surface area (Å²) >= 11 is 0. The Morgan fingerprint density at radius 3 is 2.83 bits per heavy atom. The van der Waals surface area contributed by atoms with E-state index in [-0.39, 0.29) is 0 Å². The monoisotopic (exact) mass is 246 g/mol. The minimum absolute atomic E-state index is 0.346. The molecule has 0 spiro atoms. The summed E-state index contributed by atoms with van der Waals surface area (Å²) in [6, 6.07) is 6.68. The van der Waals surface area contributed by atoms with E-state index < -0.39 is 0 Å². The van der Waals surface area contributed by atoms with Crippen LogP contribution in [0.4, 0.5) is 5.69 Å². The fraction of sp³-hybridized carbons (Fsp3) is 0.600. The first kappa shape index (κ1) is 12.0. The van der Waals surface area contributed by atoms with E-state index in [2.05, 4.69) is 42.3 Å². The van der Waals surface area contributed by atoms with E-state index in [1.165, 1.54) is 23.2 Å². The highest BCUT2D eigenvalue weighted by Crippen LogP contribution is 2.28. The number of ether oxygens (including phenoxy) is 1. The third kappa shape index (κ3) is 2.38. The molecule has 0 aliphatic carbocycles. The van der Waals surface area contributed by atoms with Crippen LogP contribution in [0.25, 0.3) is 0 Å². The first-order valence-electron chi connectivity index (χ1n) is 6.95. The predicted octanol–water partition coefficient (Wildman–Crippen LogP) is 2.26. The van der Waals surface area contributed by atoms with Crippen molar-refractivity contribution in [1.29, 1.82) is 0 Å². The zero-order valence-corrected chi connectivity index (χ0v) is 11.3. The number of nitrogens with one attached hydrogen (secondary N) is 1. The molecule has 98 valence electrons. The molecule has 3 heteroatoms. The van der Waals surface area contributed by atoms with Gasteiger partial charge in [-0.25, -0.2) is 0 Å². The van der Waals surface area contributed by atoms with Crippen molar-refractivity contribution in [2.24, 2.45) is 0 Å². The largest absolute Gasteiger partial charge is 0.384 e. The molecule has 1 saturated heterocycles. The number of hydrogen-bond acceptors (Lipinski definition) is 3. The average Bonchev–Trinajstić information content (AvgIpc) is 2.76. The lowest BCUT2D eigenvalue weighted by molar-refractivity contribution is -0.0704. The minimum atomic E-state index is 0.346. The number of nitrogens with zero attached hydrogens (tertiary/aromatic N) is 1. The van der Waals surface area contributed by atoms with Gasteiger partial charge in [0.1, 0.15) is 0 Å². The fourth-order valence-corrected chi connectivity index (χ4v) is 3.20. The van der Waals surface area contributed by atoms with Gasteiger partial charge in [-0.3, -0.25) is 4.90 Å². The molecule has 1 fully saturated rings. The minimum Gasteiger partial charge on any atom is -0.384 e.